The molecule has 1 aliphatic rings. The summed E-state index contributed by atoms with van der Waals surface area (Å²) in [5.74, 6) is -0.513. The standard InChI is InChI=1S/C21H28F3N5O3S/c1-12(2)18(28(3)4)19(31)29-9-5-6-16(29)25-11-17(30)27-20-26-14-8-7-13(10-15(14)33-20)32-21(22,23)24/h7-8,10,12,16,18,25H,5-6,9,11H2,1-4H3,(H,26,27,30)/t16-,18?/m1/s1. The second-order valence-corrected chi connectivity index (χ2v) is 9.50. The number of thiazole rings is 1. The van der Waals surface area contributed by atoms with Gasteiger partial charge in [0.2, 0.25) is 11.8 Å². The number of fused-ring (bicyclic) bond motifs is 1. The monoisotopic (exact) mass is 487 g/mol. The van der Waals surface area contributed by atoms with Crippen LogP contribution < -0.4 is 15.4 Å². The normalized spacial score (nSPS) is 17.7. The van der Waals surface area contributed by atoms with Gasteiger partial charge >= 0.3 is 6.36 Å². The van der Waals surface area contributed by atoms with E-state index < -0.39 is 6.36 Å². The van der Waals surface area contributed by atoms with Gasteiger partial charge in [0.1, 0.15) is 5.75 Å². The van der Waals surface area contributed by atoms with E-state index in [0.29, 0.717) is 16.8 Å². The fraction of sp³-hybridized carbons (Fsp3) is 0.571. The van der Waals surface area contributed by atoms with Crippen molar-refractivity contribution in [3.8, 4) is 5.75 Å². The van der Waals surface area contributed by atoms with Gasteiger partial charge in [-0.15, -0.1) is 13.2 Å². The zero-order valence-electron chi connectivity index (χ0n) is 18.9. The van der Waals surface area contributed by atoms with E-state index in [0.717, 1.165) is 24.2 Å². The molecule has 2 aromatic rings. The predicted molar refractivity (Wildman–Crippen MR) is 120 cm³/mol. The van der Waals surface area contributed by atoms with Crippen molar-refractivity contribution >= 4 is 38.5 Å². The number of nitrogens with zero attached hydrogens (tertiary/aromatic N) is 3. The molecule has 0 radical (unpaired) electrons. The lowest BCUT2D eigenvalue weighted by atomic mass is 10.0. The Hall–Kier alpha value is -2.44. The maximum Gasteiger partial charge on any atom is 0.573 e. The number of hydrogen-bond donors (Lipinski definition) is 2. The summed E-state index contributed by atoms with van der Waals surface area (Å²) in [6, 6.07) is 3.56. The van der Waals surface area contributed by atoms with Crippen molar-refractivity contribution in [3.63, 3.8) is 0 Å². The van der Waals surface area contributed by atoms with Crippen LogP contribution in [0.1, 0.15) is 26.7 Å². The maximum absolute atomic E-state index is 13.0. The highest BCUT2D eigenvalue weighted by Gasteiger charge is 2.35. The molecule has 1 unspecified atom stereocenters. The summed E-state index contributed by atoms with van der Waals surface area (Å²) in [6.45, 7) is 4.62. The number of halogens is 3. The fourth-order valence-corrected chi connectivity index (χ4v) is 4.95. The molecular formula is C21H28F3N5O3S. The number of anilines is 1. The van der Waals surface area contributed by atoms with Gasteiger partial charge in [-0.25, -0.2) is 4.98 Å². The molecule has 8 nitrogen and oxygen atoms in total. The summed E-state index contributed by atoms with van der Waals surface area (Å²) in [4.78, 5) is 33.4. The van der Waals surface area contributed by atoms with Gasteiger partial charge < -0.3 is 15.0 Å². The number of aromatic nitrogens is 1. The van der Waals surface area contributed by atoms with Crippen LogP contribution >= 0.6 is 11.3 Å². The molecule has 1 saturated heterocycles. The number of carbonyl (C=O) groups is 2. The first kappa shape index (κ1) is 25.2. The van der Waals surface area contributed by atoms with E-state index in [4.69, 9.17) is 0 Å². The molecule has 2 atom stereocenters. The lowest BCUT2D eigenvalue weighted by Crippen LogP contribution is -2.54. The molecule has 2 heterocycles. The highest BCUT2D eigenvalue weighted by atomic mass is 32.1. The highest BCUT2D eigenvalue weighted by molar-refractivity contribution is 7.22. The number of carbonyl (C=O) groups excluding carboxylic acids is 2. The van der Waals surface area contributed by atoms with Crippen LogP contribution in [0.3, 0.4) is 0 Å². The van der Waals surface area contributed by atoms with Crippen LogP contribution in [0, 0.1) is 5.92 Å². The molecule has 1 aromatic carbocycles. The van der Waals surface area contributed by atoms with E-state index in [1.54, 1.807) is 4.90 Å². The SMILES string of the molecule is CC(C)C(C(=O)N1CCC[C@@H]1NCC(=O)Nc1nc2ccc(OC(F)(F)F)cc2s1)N(C)C. The van der Waals surface area contributed by atoms with E-state index in [9.17, 15) is 22.8 Å². The molecule has 1 fully saturated rings. The van der Waals surface area contributed by atoms with Gasteiger partial charge in [-0.2, -0.15) is 0 Å². The molecule has 182 valence electrons. The Morgan fingerprint density at radius 3 is 2.70 bits per heavy atom. The number of likely N-dealkylation sites (tertiary alicyclic amines) is 1. The van der Waals surface area contributed by atoms with Gasteiger partial charge in [-0.05, 0) is 45.0 Å². The Morgan fingerprint density at radius 1 is 1.33 bits per heavy atom. The summed E-state index contributed by atoms with van der Waals surface area (Å²) in [7, 11) is 3.76. The minimum atomic E-state index is -4.78. The molecule has 12 heteroatoms. The zero-order chi connectivity index (χ0) is 24.3. The van der Waals surface area contributed by atoms with Gasteiger partial charge in [-0.3, -0.25) is 19.8 Å². The van der Waals surface area contributed by atoms with Crippen LogP contribution in [0.4, 0.5) is 18.3 Å². The molecule has 33 heavy (non-hydrogen) atoms. The molecule has 2 amide bonds. The van der Waals surface area contributed by atoms with Gasteiger partial charge in [0.05, 0.1) is 29.0 Å². The largest absolute Gasteiger partial charge is 0.573 e. The Kier molecular flexibility index (Phi) is 7.80. The predicted octanol–water partition coefficient (Wildman–Crippen LogP) is 3.26. The number of hydrogen-bond acceptors (Lipinski definition) is 7. The van der Waals surface area contributed by atoms with Crippen LogP contribution in [-0.2, 0) is 9.59 Å². The number of benzene rings is 1. The van der Waals surface area contributed by atoms with E-state index in [1.165, 1.54) is 18.2 Å². The quantitative estimate of drug-likeness (QED) is 0.595. The molecule has 1 aliphatic heterocycles. The lowest BCUT2D eigenvalue weighted by molar-refractivity contribution is -0.274. The van der Waals surface area contributed by atoms with Crippen molar-refractivity contribution in [2.45, 2.75) is 45.3 Å². The minimum absolute atomic E-state index is 0.0267. The third-order valence-electron chi connectivity index (χ3n) is 5.31. The number of nitrogens with one attached hydrogen (secondary N) is 2. The molecule has 2 N–H and O–H groups in total. The van der Waals surface area contributed by atoms with Crippen molar-refractivity contribution in [3.05, 3.63) is 18.2 Å². The first-order valence-electron chi connectivity index (χ1n) is 10.6. The van der Waals surface area contributed by atoms with Crippen LogP contribution in [-0.4, -0.2) is 72.4 Å². The van der Waals surface area contributed by atoms with Crippen LogP contribution in [0.2, 0.25) is 0 Å². The molecule has 0 bridgehead atoms. The smallest absolute Gasteiger partial charge is 0.406 e. The third kappa shape index (κ3) is 6.55. The number of amides is 2. The highest BCUT2D eigenvalue weighted by Crippen LogP contribution is 2.31. The van der Waals surface area contributed by atoms with E-state index in [2.05, 4.69) is 20.4 Å². The number of likely N-dealkylation sites (N-methyl/N-ethyl adjacent to an activating group) is 1. The van der Waals surface area contributed by atoms with Crippen molar-refractivity contribution < 1.29 is 27.5 Å². The molecule has 0 aliphatic carbocycles. The van der Waals surface area contributed by atoms with Crippen molar-refractivity contribution in [1.29, 1.82) is 0 Å². The Labute approximate surface area is 194 Å². The summed E-state index contributed by atoms with van der Waals surface area (Å²) in [5, 5.41) is 6.07. The molecule has 0 spiro atoms. The Balaban J connectivity index is 1.58. The summed E-state index contributed by atoms with van der Waals surface area (Å²) >= 11 is 1.05. The summed E-state index contributed by atoms with van der Waals surface area (Å²) in [6.07, 6.45) is -3.41. The number of alkyl halides is 3. The molecule has 3 rings (SSSR count). The van der Waals surface area contributed by atoms with Gasteiger partial charge in [0.25, 0.3) is 0 Å². The Morgan fingerprint density at radius 2 is 2.06 bits per heavy atom. The molecule has 0 saturated carbocycles. The minimum Gasteiger partial charge on any atom is -0.406 e. The van der Waals surface area contributed by atoms with E-state index in [1.807, 2.05) is 32.8 Å². The van der Waals surface area contributed by atoms with Crippen LogP contribution in [0.15, 0.2) is 18.2 Å². The summed E-state index contributed by atoms with van der Waals surface area (Å²) in [5.41, 5.74) is 0.453. The number of ether oxygens (including phenoxy) is 1. The zero-order valence-corrected chi connectivity index (χ0v) is 19.7. The fourth-order valence-electron chi connectivity index (χ4n) is 4.04. The van der Waals surface area contributed by atoms with Crippen LogP contribution in [0.25, 0.3) is 10.2 Å². The summed E-state index contributed by atoms with van der Waals surface area (Å²) < 4.78 is 41.6. The first-order valence-corrected chi connectivity index (χ1v) is 11.4. The van der Waals surface area contributed by atoms with Gasteiger partial charge in [-0.1, -0.05) is 25.2 Å². The van der Waals surface area contributed by atoms with E-state index in [-0.39, 0.29) is 47.4 Å². The first-order chi connectivity index (χ1) is 15.4. The topological polar surface area (TPSA) is 86.8 Å². The van der Waals surface area contributed by atoms with Crippen molar-refractivity contribution in [1.82, 2.24) is 20.1 Å². The van der Waals surface area contributed by atoms with Crippen molar-refractivity contribution in [2.24, 2.45) is 5.92 Å². The lowest BCUT2D eigenvalue weighted by Gasteiger charge is -2.34. The molecular weight excluding hydrogens is 459 g/mol. The molecule has 1 aromatic heterocycles. The van der Waals surface area contributed by atoms with E-state index >= 15 is 0 Å². The van der Waals surface area contributed by atoms with Crippen LogP contribution in [0.5, 0.6) is 5.75 Å². The maximum atomic E-state index is 13.0. The second kappa shape index (κ2) is 10.2. The van der Waals surface area contributed by atoms with Crippen molar-refractivity contribution in [2.75, 3.05) is 32.5 Å². The number of rotatable bonds is 8. The average molecular weight is 488 g/mol. The van der Waals surface area contributed by atoms with Gasteiger partial charge in [0, 0.05) is 12.6 Å². The Bertz CT molecular complexity index is 987. The second-order valence-electron chi connectivity index (χ2n) is 8.47. The average Bonchev–Trinajstić information content (AvgIpc) is 3.30. The van der Waals surface area contributed by atoms with Gasteiger partial charge in [0.15, 0.2) is 5.13 Å². The third-order valence-corrected chi connectivity index (χ3v) is 6.25.